The van der Waals surface area contributed by atoms with Crippen LogP contribution in [0.15, 0.2) is 29.2 Å². The van der Waals surface area contributed by atoms with Crippen LogP contribution in [-0.2, 0) is 14.8 Å². The normalized spacial score (nSPS) is 16.2. The summed E-state index contributed by atoms with van der Waals surface area (Å²) in [6.07, 6.45) is 1.07. The summed E-state index contributed by atoms with van der Waals surface area (Å²) in [5.41, 5.74) is 0. The van der Waals surface area contributed by atoms with Crippen LogP contribution >= 0.6 is 0 Å². The SMILES string of the molecule is CCNC(=O)NC(=O)CN1CCC(NS(=O)(=O)c2ccc(F)cc2)CC1. The number of sulfonamides is 1. The predicted octanol–water partition coefficient (Wildman–Crippen LogP) is 0.414. The van der Waals surface area contributed by atoms with E-state index in [2.05, 4.69) is 15.4 Å². The second-order valence-electron chi connectivity index (χ2n) is 6.03. The van der Waals surface area contributed by atoms with E-state index in [0.717, 1.165) is 12.1 Å². The van der Waals surface area contributed by atoms with Gasteiger partial charge in [0.1, 0.15) is 5.82 Å². The Kier molecular flexibility index (Phi) is 7.06. The minimum Gasteiger partial charge on any atom is -0.338 e. The number of urea groups is 1. The van der Waals surface area contributed by atoms with Gasteiger partial charge in [-0.25, -0.2) is 22.3 Å². The summed E-state index contributed by atoms with van der Waals surface area (Å²) in [4.78, 5) is 24.9. The third-order valence-corrected chi connectivity index (χ3v) is 5.53. The lowest BCUT2D eigenvalue weighted by atomic mass is 10.1. The molecule has 1 aromatic carbocycles. The van der Waals surface area contributed by atoms with E-state index in [1.54, 1.807) is 6.92 Å². The van der Waals surface area contributed by atoms with Gasteiger partial charge in [0.05, 0.1) is 11.4 Å². The molecule has 0 aliphatic carbocycles. The number of rotatable bonds is 6. The van der Waals surface area contributed by atoms with Crippen LogP contribution in [0.1, 0.15) is 19.8 Å². The van der Waals surface area contributed by atoms with E-state index in [-0.39, 0.29) is 17.5 Å². The van der Waals surface area contributed by atoms with Gasteiger partial charge < -0.3 is 5.32 Å². The van der Waals surface area contributed by atoms with E-state index in [4.69, 9.17) is 0 Å². The van der Waals surface area contributed by atoms with Crippen LogP contribution in [0.2, 0.25) is 0 Å². The van der Waals surface area contributed by atoms with Crippen molar-refractivity contribution in [2.24, 2.45) is 0 Å². The number of carbonyl (C=O) groups excluding carboxylic acids is 2. The fourth-order valence-corrected chi connectivity index (χ4v) is 3.99. The number of likely N-dealkylation sites (tertiary alicyclic amines) is 1. The minimum atomic E-state index is -3.71. The van der Waals surface area contributed by atoms with Crippen LogP contribution in [-0.4, -0.2) is 57.5 Å². The molecule has 1 aliphatic heterocycles. The highest BCUT2D eigenvalue weighted by molar-refractivity contribution is 7.89. The first-order chi connectivity index (χ1) is 12.3. The first kappa shape index (κ1) is 20.3. The van der Waals surface area contributed by atoms with E-state index < -0.39 is 27.8 Å². The molecule has 0 aromatic heterocycles. The highest BCUT2D eigenvalue weighted by Crippen LogP contribution is 2.15. The van der Waals surface area contributed by atoms with Crippen molar-refractivity contribution in [2.45, 2.75) is 30.7 Å². The zero-order valence-corrected chi connectivity index (χ0v) is 15.3. The quantitative estimate of drug-likeness (QED) is 0.657. The van der Waals surface area contributed by atoms with Gasteiger partial charge in [-0.3, -0.25) is 15.0 Å². The van der Waals surface area contributed by atoms with Crippen LogP contribution < -0.4 is 15.4 Å². The third-order valence-electron chi connectivity index (χ3n) is 3.99. The molecule has 144 valence electrons. The zero-order valence-electron chi connectivity index (χ0n) is 14.5. The van der Waals surface area contributed by atoms with E-state index in [1.807, 2.05) is 4.90 Å². The molecule has 1 fully saturated rings. The Morgan fingerprint density at radius 2 is 1.81 bits per heavy atom. The topological polar surface area (TPSA) is 108 Å². The molecule has 0 spiro atoms. The molecule has 10 heteroatoms. The van der Waals surface area contributed by atoms with Crippen molar-refractivity contribution in [3.05, 3.63) is 30.1 Å². The molecule has 8 nitrogen and oxygen atoms in total. The predicted molar refractivity (Wildman–Crippen MR) is 93.4 cm³/mol. The number of amides is 3. The van der Waals surface area contributed by atoms with Gasteiger partial charge in [-0.2, -0.15) is 0 Å². The van der Waals surface area contributed by atoms with E-state index in [9.17, 15) is 22.4 Å². The minimum absolute atomic E-state index is 0.0163. The summed E-state index contributed by atoms with van der Waals surface area (Å²) in [5, 5.41) is 4.71. The number of carbonyl (C=O) groups is 2. The fourth-order valence-electron chi connectivity index (χ4n) is 2.68. The van der Waals surface area contributed by atoms with E-state index >= 15 is 0 Å². The van der Waals surface area contributed by atoms with E-state index in [0.29, 0.717) is 32.5 Å². The van der Waals surface area contributed by atoms with Gasteiger partial charge in [0.25, 0.3) is 0 Å². The Morgan fingerprint density at radius 1 is 1.19 bits per heavy atom. The second-order valence-corrected chi connectivity index (χ2v) is 7.75. The highest BCUT2D eigenvalue weighted by Gasteiger charge is 2.25. The zero-order chi connectivity index (χ0) is 19.2. The molecule has 0 radical (unpaired) electrons. The van der Waals surface area contributed by atoms with Gasteiger partial charge in [-0.1, -0.05) is 0 Å². The Morgan fingerprint density at radius 3 is 2.38 bits per heavy atom. The lowest BCUT2D eigenvalue weighted by molar-refractivity contribution is -0.121. The second kappa shape index (κ2) is 9.06. The van der Waals surface area contributed by atoms with Crippen LogP contribution in [0.5, 0.6) is 0 Å². The number of nitrogens with zero attached hydrogens (tertiary/aromatic N) is 1. The third kappa shape index (κ3) is 6.04. The van der Waals surface area contributed by atoms with Crippen molar-refractivity contribution < 1.29 is 22.4 Å². The average Bonchev–Trinajstić information content (AvgIpc) is 2.57. The van der Waals surface area contributed by atoms with Gasteiger partial charge in [0.2, 0.25) is 15.9 Å². The van der Waals surface area contributed by atoms with Crippen molar-refractivity contribution in [1.82, 2.24) is 20.3 Å². The molecule has 1 aromatic rings. The number of hydrogen-bond donors (Lipinski definition) is 3. The van der Waals surface area contributed by atoms with Crippen molar-refractivity contribution in [2.75, 3.05) is 26.2 Å². The largest absolute Gasteiger partial charge is 0.338 e. The first-order valence-electron chi connectivity index (χ1n) is 8.38. The molecule has 0 saturated carbocycles. The van der Waals surface area contributed by atoms with Crippen molar-refractivity contribution in [1.29, 1.82) is 0 Å². The highest BCUT2D eigenvalue weighted by atomic mass is 32.2. The molecular weight excluding hydrogens is 363 g/mol. The summed E-state index contributed by atoms with van der Waals surface area (Å²) in [6, 6.07) is 3.86. The number of piperidine rings is 1. The summed E-state index contributed by atoms with van der Waals surface area (Å²) in [5.74, 6) is -0.899. The molecule has 2 rings (SSSR count). The number of nitrogens with one attached hydrogen (secondary N) is 3. The molecule has 3 amide bonds. The van der Waals surface area contributed by atoms with Crippen LogP contribution in [0.4, 0.5) is 9.18 Å². The lowest BCUT2D eigenvalue weighted by Gasteiger charge is -2.31. The molecule has 1 saturated heterocycles. The maximum atomic E-state index is 12.9. The van der Waals surface area contributed by atoms with Gasteiger partial charge in [-0.05, 0) is 44.0 Å². The fraction of sp³-hybridized carbons (Fsp3) is 0.500. The number of halogens is 1. The summed E-state index contributed by atoms with van der Waals surface area (Å²) in [6.45, 7) is 3.31. The molecular formula is C16H23FN4O4S. The molecule has 26 heavy (non-hydrogen) atoms. The number of benzene rings is 1. The van der Waals surface area contributed by atoms with Crippen LogP contribution in [0, 0.1) is 5.82 Å². The Labute approximate surface area is 152 Å². The summed E-state index contributed by atoms with van der Waals surface area (Å²) >= 11 is 0. The number of imide groups is 1. The molecule has 0 unspecified atom stereocenters. The van der Waals surface area contributed by atoms with E-state index in [1.165, 1.54) is 12.1 Å². The Bertz CT molecular complexity index is 731. The monoisotopic (exact) mass is 386 g/mol. The maximum absolute atomic E-state index is 12.9. The Balaban J connectivity index is 1.80. The van der Waals surface area contributed by atoms with Crippen molar-refractivity contribution in [3.63, 3.8) is 0 Å². The first-order valence-corrected chi connectivity index (χ1v) is 9.86. The number of hydrogen-bond acceptors (Lipinski definition) is 5. The molecule has 0 bridgehead atoms. The summed E-state index contributed by atoms with van der Waals surface area (Å²) in [7, 11) is -3.71. The summed E-state index contributed by atoms with van der Waals surface area (Å²) < 4.78 is 40.1. The van der Waals surface area contributed by atoms with Crippen molar-refractivity contribution in [3.8, 4) is 0 Å². The molecule has 1 aliphatic rings. The van der Waals surface area contributed by atoms with Crippen LogP contribution in [0.25, 0.3) is 0 Å². The molecule has 0 atom stereocenters. The maximum Gasteiger partial charge on any atom is 0.321 e. The Hall–Kier alpha value is -2.04. The smallest absolute Gasteiger partial charge is 0.321 e. The molecule has 3 N–H and O–H groups in total. The molecule has 1 heterocycles. The lowest BCUT2D eigenvalue weighted by Crippen LogP contribution is -2.49. The van der Waals surface area contributed by atoms with Gasteiger partial charge in [0, 0.05) is 25.7 Å². The van der Waals surface area contributed by atoms with Gasteiger partial charge in [0.15, 0.2) is 0 Å². The van der Waals surface area contributed by atoms with Crippen LogP contribution in [0.3, 0.4) is 0 Å². The average molecular weight is 386 g/mol. The van der Waals surface area contributed by atoms with Gasteiger partial charge >= 0.3 is 6.03 Å². The standard InChI is InChI=1S/C16H23FN4O4S/c1-2-18-16(23)19-15(22)11-21-9-7-13(8-10-21)20-26(24,25)14-5-3-12(17)4-6-14/h3-6,13,20H,2,7-11H2,1H3,(H2,18,19,22,23). The van der Waals surface area contributed by atoms with Crippen molar-refractivity contribution >= 4 is 22.0 Å². The van der Waals surface area contributed by atoms with Gasteiger partial charge in [-0.15, -0.1) is 0 Å².